The molecule has 1 aromatic carbocycles. The van der Waals surface area contributed by atoms with Gasteiger partial charge in [0, 0.05) is 32.6 Å². The van der Waals surface area contributed by atoms with E-state index in [4.69, 9.17) is 0 Å². The normalized spacial score (nSPS) is 20.0. The SMILES string of the molecule is CN(C(=O)CCc1ccc(S(=O)(=O)N2CCCCCC2)cc1)C1CCCCCC1. The summed E-state index contributed by atoms with van der Waals surface area (Å²) in [6.45, 7) is 1.23. The second-order valence-electron chi connectivity index (χ2n) is 8.61. The molecule has 0 aromatic heterocycles. The molecule has 2 aliphatic rings. The summed E-state index contributed by atoms with van der Waals surface area (Å²) in [7, 11) is -1.47. The summed E-state index contributed by atoms with van der Waals surface area (Å²) in [5.74, 6) is 0.193. The Morgan fingerprint density at radius 2 is 1.48 bits per heavy atom. The maximum absolute atomic E-state index is 12.9. The molecule has 162 valence electrons. The molecule has 1 amide bonds. The average Bonchev–Trinajstić information content (AvgIpc) is 3.17. The van der Waals surface area contributed by atoms with Crippen molar-refractivity contribution in [1.82, 2.24) is 9.21 Å². The van der Waals surface area contributed by atoms with E-state index < -0.39 is 10.0 Å². The number of carbonyl (C=O) groups excluding carboxylic acids is 1. The summed E-state index contributed by atoms with van der Waals surface area (Å²) in [6.07, 6.45) is 12.5. The van der Waals surface area contributed by atoms with Crippen LogP contribution in [-0.4, -0.2) is 49.7 Å². The summed E-state index contributed by atoms with van der Waals surface area (Å²) in [6, 6.07) is 7.52. The fourth-order valence-electron chi connectivity index (χ4n) is 4.54. The van der Waals surface area contributed by atoms with E-state index in [0.29, 0.717) is 36.9 Å². The van der Waals surface area contributed by atoms with Crippen molar-refractivity contribution in [3.8, 4) is 0 Å². The fourth-order valence-corrected chi connectivity index (χ4v) is 6.05. The lowest BCUT2D eigenvalue weighted by molar-refractivity contribution is -0.132. The Morgan fingerprint density at radius 1 is 0.931 bits per heavy atom. The predicted molar refractivity (Wildman–Crippen MR) is 116 cm³/mol. The highest BCUT2D eigenvalue weighted by Crippen LogP contribution is 2.23. The lowest BCUT2D eigenvalue weighted by Gasteiger charge is -2.27. The molecule has 0 spiro atoms. The number of carbonyl (C=O) groups is 1. The van der Waals surface area contributed by atoms with E-state index in [0.717, 1.165) is 44.1 Å². The van der Waals surface area contributed by atoms with Crippen molar-refractivity contribution in [2.24, 2.45) is 0 Å². The molecule has 3 rings (SSSR count). The van der Waals surface area contributed by atoms with Crippen LogP contribution in [0.5, 0.6) is 0 Å². The van der Waals surface area contributed by atoms with Gasteiger partial charge in [-0.15, -0.1) is 0 Å². The van der Waals surface area contributed by atoms with Crippen LogP contribution in [0, 0.1) is 0 Å². The zero-order chi connectivity index (χ0) is 20.7. The molecule has 1 heterocycles. The third-order valence-electron chi connectivity index (χ3n) is 6.52. The van der Waals surface area contributed by atoms with Crippen LogP contribution in [0.2, 0.25) is 0 Å². The standard InChI is InChI=1S/C23H36N2O3S/c1-24(21-10-6-2-3-7-11-21)23(26)17-14-20-12-15-22(16-13-20)29(27,28)25-18-8-4-5-9-19-25/h12-13,15-16,21H,2-11,14,17-19H2,1H3. The molecule has 1 saturated heterocycles. The number of hydrogen-bond acceptors (Lipinski definition) is 3. The Morgan fingerprint density at radius 3 is 2.07 bits per heavy atom. The van der Waals surface area contributed by atoms with Crippen molar-refractivity contribution >= 4 is 15.9 Å². The maximum Gasteiger partial charge on any atom is 0.243 e. The summed E-state index contributed by atoms with van der Waals surface area (Å²) < 4.78 is 27.4. The molecule has 1 aliphatic heterocycles. The smallest absolute Gasteiger partial charge is 0.243 e. The van der Waals surface area contributed by atoms with Gasteiger partial charge in [0.1, 0.15) is 0 Å². The first-order valence-corrected chi connectivity index (χ1v) is 12.8. The summed E-state index contributed by atoms with van der Waals surface area (Å²) in [5.41, 5.74) is 1.02. The average molecular weight is 421 g/mol. The highest BCUT2D eigenvalue weighted by atomic mass is 32.2. The van der Waals surface area contributed by atoms with E-state index >= 15 is 0 Å². The molecule has 0 bridgehead atoms. The summed E-state index contributed by atoms with van der Waals surface area (Å²) in [5, 5.41) is 0. The molecule has 0 radical (unpaired) electrons. The lowest BCUT2D eigenvalue weighted by Crippen LogP contribution is -2.36. The number of sulfonamides is 1. The minimum atomic E-state index is -3.41. The van der Waals surface area contributed by atoms with Crippen LogP contribution in [0.3, 0.4) is 0 Å². The molecular formula is C23H36N2O3S. The molecule has 0 N–H and O–H groups in total. The first kappa shape index (κ1) is 22.3. The van der Waals surface area contributed by atoms with Crippen LogP contribution in [0.4, 0.5) is 0 Å². The summed E-state index contributed by atoms with van der Waals surface area (Å²) >= 11 is 0. The number of rotatable bonds is 6. The Hall–Kier alpha value is -1.40. The lowest BCUT2D eigenvalue weighted by atomic mass is 10.1. The van der Waals surface area contributed by atoms with Gasteiger partial charge in [0.05, 0.1) is 4.90 Å². The second kappa shape index (κ2) is 10.6. The molecule has 6 heteroatoms. The first-order valence-electron chi connectivity index (χ1n) is 11.3. The topological polar surface area (TPSA) is 57.7 Å². The highest BCUT2D eigenvalue weighted by Gasteiger charge is 2.25. The largest absolute Gasteiger partial charge is 0.343 e. The van der Waals surface area contributed by atoms with Gasteiger partial charge in [0.2, 0.25) is 15.9 Å². The second-order valence-corrected chi connectivity index (χ2v) is 10.6. The van der Waals surface area contributed by atoms with Crippen molar-refractivity contribution in [3.63, 3.8) is 0 Å². The minimum absolute atomic E-state index is 0.193. The molecule has 1 saturated carbocycles. The van der Waals surface area contributed by atoms with Crippen molar-refractivity contribution in [2.75, 3.05) is 20.1 Å². The molecule has 0 atom stereocenters. The Labute approximate surface area is 176 Å². The van der Waals surface area contributed by atoms with Crippen LogP contribution in [0.1, 0.15) is 76.2 Å². The van der Waals surface area contributed by atoms with Gasteiger partial charge in [0.25, 0.3) is 0 Å². The Balaban J connectivity index is 1.55. The van der Waals surface area contributed by atoms with Gasteiger partial charge in [-0.05, 0) is 49.8 Å². The number of aryl methyl sites for hydroxylation is 1. The van der Waals surface area contributed by atoms with Crippen molar-refractivity contribution in [2.45, 2.75) is 88.0 Å². The van der Waals surface area contributed by atoms with Crippen molar-refractivity contribution in [1.29, 1.82) is 0 Å². The number of nitrogens with zero attached hydrogens (tertiary/aromatic N) is 2. The van der Waals surface area contributed by atoms with Crippen LogP contribution < -0.4 is 0 Å². The zero-order valence-electron chi connectivity index (χ0n) is 17.8. The third-order valence-corrected chi connectivity index (χ3v) is 8.43. The van der Waals surface area contributed by atoms with E-state index in [1.165, 1.54) is 25.7 Å². The highest BCUT2D eigenvalue weighted by molar-refractivity contribution is 7.89. The van der Waals surface area contributed by atoms with Gasteiger partial charge in [0.15, 0.2) is 0 Å². The number of amides is 1. The van der Waals surface area contributed by atoms with E-state index in [2.05, 4.69) is 0 Å². The quantitative estimate of drug-likeness (QED) is 0.642. The molecule has 29 heavy (non-hydrogen) atoms. The van der Waals surface area contributed by atoms with Gasteiger partial charge in [-0.1, -0.05) is 50.7 Å². The van der Waals surface area contributed by atoms with Gasteiger partial charge in [-0.25, -0.2) is 8.42 Å². The Bertz CT molecular complexity index is 745. The van der Waals surface area contributed by atoms with Crippen LogP contribution in [-0.2, 0) is 21.2 Å². The number of hydrogen-bond donors (Lipinski definition) is 0. The van der Waals surface area contributed by atoms with E-state index in [1.807, 2.05) is 24.1 Å². The first-order chi connectivity index (χ1) is 14.0. The Kier molecular flexibility index (Phi) is 8.13. The minimum Gasteiger partial charge on any atom is -0.343 e. The maximum atomic E-state index is 12.9. The van der Waals surface area contributed by atoms with Crippen molar-refractivity contribution < 1.29 is 13.2 Å². The molecule has 1 aliphatic carbocycles. The third kappa shape index (κ3) is 6.05. The van der Waals surface area contributed by atoms with Gasteiger partial charge in [-0.3, -0.25) is 4.79 Å². The van der Waals surface area contributed by atoms with Crippen LogP contribution in [0.15, 0.2) is 29.2 Å². The number of benzene rings is 1. The van der Waals surface area contributed by atoms with Crippen LogP contribution >= 0.6 is 0 Å². The molecular weight excluding hydrogens is 384 g/mol. The molecule has 0 unspecified atom stereocenters. The van der Waals surface area contributed by atoms with Crippen LogP contribution in [0.25, 0.3) is 0 Å². The fraction of sp³-hybridized carbons (Fsp3) is 0.696. The molecule has 5 nitrogen and oxygen atoms in total. The monoisotopic (exact) mass is 420 g/mol. The molecule has 2 fully saturated rings. The van der Waals surface area contributed by atoms with Gasteiger partial charge < -0.3 is 4.90 Å². The van der Waals surface area contributed by atoms with E-state index in [1.54, 1.807) is 16.4 Å². The van der Waals surface area contributed by atoms with E-state index in [-0.39, 0.29) is 5.91 Å². The molecule has 1 aromatic rings. The van der Waals surface area contributed by atoms with E-state index in [9.17, 15) is 13.2 Å². The van der Waals surface area contributed by atoms with Gasteiger partial charge in [-0.2, -0.15) is 4.31 Å². The zero-order valence-corrected chi connectivity index (χ0v) is 18.6. The summed E-state index contributed by atoms with van der Waals surface area (Å²) in [4.78, 5) is 14.9. The van der Waals surface area contributed by atoms with Gasteiger partial charge >= 0.3 is 0 Å². The predicted octanol–water partition coefficient (Wildman–Crippen LogP) is 4.37. The van der Waals surface area contributed by atoms with Crippen molar-refractivity contribution in [3.05, 3.63) is 29.8 Å².